The molecule has 0 aliphatic rings. The van der Waals surface area contributed by atoms with E-state index in [1.165, 1.54) is 6.92 Å². The Labute approximate surface area is 102 Å². The zero-order valence-electron chi connectivity index (χ0n) is 9.14. The molecule has 0 bridgehead atoms. The molecular formula is C10H12ClF3O3. The fourth-order valence-corrected chi connectivity index (χ4v) is 1.42. The number of alkyl halides is 4. The minimum atomic E-state index is -2.35. The van der Waals surface area contributed by atoms with Crippen molar-refractivity contribution in [1.29, 1.82) is 0 Å². The van der Waals surface area contributed by atoms with E-state index in [2.05, 4.69) is 4.74 Å². The minimum Gasteiger partial charge on any atom is -0.465 e. The minimum absolute atomic E-state index is 0.0257. The van der Waals surface area contributed by atoms with Gasteiger partial charge in [-0.25, -0.2) is 18.0 Å². The van der Waals surface area contributed by atoms with E-state index in [9.17, 15) is 22.8 Å². The smallest absolute Gasteiger partial charge is 0.329 e. The van der Waals surface area contributed by atoms with Crippen LogP contribution in [0.5, 0.6) is 0 Å². The number of hydrogen-bond donors (Lipinski definition) is 0. The van der Waals surface area contributed by atoms with Gasteiger partial charge in [-0.1, -0.05) is 0 Å². The number of hydrogen-bond acceptors (Lipinski definition) is 3. The molecule has 0 saturated carbocycles. The topological polar surface area (TPSA) is 43.4 Å². The maximum Gasteiger partial charge on any atom is 0.329 e. The zero-order valence-corrected chi connectivity index (χ0v) is 9.90. The summed E-state index contributed by atoms with van der Waals surface area (Å²) in [5.74, 6) is 0.0860. The van der Waals surface area contributed by atoms with Crippen LogP contribution in [0.25, 0.3) is 0 Å². The van der Waals surface area contributed by atoms with Crippen molar-refractivity contribution >= 4 is 23.5 Å². The van der Waals surface area contributed by atoms with Crippen LogP contribution in [-0.4, -0.2) is 43.9 Å². The molecule has 1 unspecified atom stereocenters. The van der Waals surface area contributed by atoms with E-state index in [4.69, 9.17) is 11.6 Å². The Bertz CT molecular complexity index is 304. The summed E-state index contributed by atoms with van der Waals surface area (Å²) in [5.41, 5.74) is -3.15. The second-order valence-corrected chi connectivity index (χ2v) is 3.75. The Morgan fingerprint density at radius 3 is 2.12 bits per heavy atom. The fourth-order valence-electron chi connectivity index (χ4n) is 1.09. The summed E-state index contributed by atoms with van der Waals surface area (Å²) in [6, 6.07) is 0. The first kappa shape index (κ1) is 16.0. The van der Waals surface area contributed by atoms with Crippen molar-refractivity contribution in [3.63, 3.8) is 0 Å². The number of esters is 1. The summed E-state index contributed by atoms with van der Waals surface area (Å²) in [5, 5.41) is -1.74. The molecule has 0 spiro atoms. The molecule has 7 heteroatoms. The van der Waals surface area contributed by atoms with Crippen molar-refractivity contribution in [1.82, 2.24) is 0 Å². The molecule has 0 N–H and O–H groups in total. The predicted octanol–water partition coefficient (Wildman–Crippen LogP) is 1.81. The predicted molar refractivity (Wildman–Crippen MR) is 55.8 cm³/mol. The molecule has 0 aliphatic heterocycles. The van der Waals surface area contributed by atoms with Gasteiger partial charge in [-0.2, -0.15) is 0 Å². The number of carbonyl (C=O) groups excluding carboxylic acids is 2. The molecule has 0 fully saturated rings. The van der Waals surface area contributed by atoms with Gasteiger partial charge in [0, 0.05) is 0 Å². The summed E-state index contributed by atoms with van der Waals surface area (Å²) in [4.78, 5) is 21.8. The molecule has 0 heterocycles. The highest BCUT2D eigenvalue weighted by atomic mass is 35.5. The molecule has 3 nitrogen and oxygen atoms in total. The number of ether oxygens (including phenoxy) is 1. The van der Waals surface area contributed by atoms with Gasteiger partial charge < -0.3 is 4.74 Å². The molecule has 98 valence electrons. The Kier molecular flexibility index (Phi) is 6.92. The Morgan fingerprint density at radius 2 is 1.82 bits per heavy atom. The Morgan fingerprint density at radius 1 is 1.35 bits per heavy atom. The van der Waals surface area contributed by atoms with Crippen molar-refractivity contribution < 1.29 is 27.5 Å². The Hall–Kier alpha value is -1.00. The van der Waals surface area contributed by atoms with Crippen LogP contribution >= 0.6 is 11.6 Å². The lowest BCUT2D eigenvalue weighted by molar-refractivity contribution is -0.142. The standard InChI is InChI=1S/C10H12ClF3O3/c1-2-17-9(16)8(11)7(3-15)10(4-12,5-13)6-14/h8H,2,4-6H2,1H3. The summed E-state index contributed by atoms with van der Waals surface area (Å²) in [7, 11) is 0. The third kappa shape index (κ3) is 3.48. The molecule has 17 heavy (non-hydrogen) atoms. The number of halogens is 4. The van der Waals surface area contributed by atoms with Gasteiger partial charge in [-0.05, 0) is 6.92 Å². The van der Waals surface area contributed by atoms with E-state index in [0.717, 1.165) is 5.94 Å². The highest BCUT2D eigenvalue weighted by molar-refractivity contribution is 6.32. The first-order chi connectivity index (χ1) is 8.02. The third-order valence-corrected chi connectivity index (χ3v) is 2.59. The second-order valence-electron chi connectivity index (χ2n) is 3.31. The first-order valence-electron chi connectivity index (χ1n) is 4.77. The largest absolute Gasteiger partial charge is 0.465 e. The molecule has 0 aromatic carbocycles. The highest BCUT2D eigenvalue weighted by Gasteiger charge is 2.43. The summed E-state index contributed by atoms with van der Waals surface area (Å²) >= 11 is 5.52. The zero-order chi connectivity index (χ0) is 13.5. The second kappa shape index (κ2) is 7.35. The van der Waals surface area contributed by atoms with E-state index >= 15 is 0 Å². The van der Waals surface area contributed by atoms with Crippen LogP contribution in [-0.2, 0) is 14.3 Å². The van der Waals surface area contributed by atoms with Gasteiger partial charge in [0.25, 0.3) is 0 Å². The van der Waals surface area contributed by atoms with Gasteiger partial charge in [0.1, 0.15) is 26.0 Å². The van der Waals surface area contributed by atoms with E-state index in [-0.39, 0.29) is 6.61 Å². The van der Waals surface area contributed by atoms with Crippen molar-refractivity contribution in [2.24, 2.45) is 5.41 Å². The molecule has 0 saturated heterocycles. The van der Waals surface area contributed by atoms with Crippen molar-refractivity contribution in [3.05, 3.63) is 5.57 Å². The van der Waals surface area contributed by atoms with Crippen LogP contribution in [0, 0.1) is 5.41 Å². The average Bonchev–Trinajstić information content (AvgIpc) is 2.35. The van der Waals surface area contributed by atoms with Gasteiger partial charge in [0.2, 0.25) is 0 Å². The number of carbonyl (C=O) groups is 1. The van der Waals surface area contributed by atoms with Crippen LogP contribution in [0.15, 0.2) is 5.57 Å². The van der Waals surface area contributed by atoms with Crippen LogP contribution in [0.1, 0.15) is 6.92 Å². The summed E-state index contributed by atoms with van der Waals surface area (Å²) in [6.07, 6.45) is 0. The fraction of sp³-hybridized carbons (Fsp3) is 0.700. The van der Waals surface area contributed by atoms with Gasteiger partial charge in [0.05, 0.1) is 17.6 Å². The third-order valence-electron chi connectivity index (χ3n) is 2.20. The molecule has 0 rings (SSSR count). The maximum absolute atomic E-state index is 12.7. The molecule has 0 aromatic heterocycles. The van der Waals surface area contributed by atoms with E-state index in [0.29, 0.717) is 0 Å². The van der Waals surface area contributed by atoms with Gasteiger partial charge in [0.15, 0.2) is 5.38 Å². The highest BCUT2D eigenvalue weighted by Crippen LogP contribution is 2.33. The lowest BCUT2D eigenvalue weighted by atomic mass is 9.82. The van der Waals surface area contributed by atoms with Crippen molar-refractivity contribution in [2.75, 3.05) is 26.6 Å². The average molecular weight is 273 g/mol. The molecule has 0 aromatic rings. The molecule has 0 aliphatic carbocycles. The number of rotatable bonds is 7. The molecule has 0 radical (unpaired) electrons. The normalized spacial score (nSPS) is 12.8. The van der Waals surface area contributed by atoms with Gasteiger partial charge >= 0.3 is 5.97 Å². The van der Waals surface area contributed by atoms with E-state index in [1.807, 2.05) is 0 Å². The monoisotopic (exact) mass is 272 g/mol. The van der Waals surface area contributed by atoms with Gasteiger partial charge in [-0.3, -0.25) is 4.79 Å². The van der Waals surface area contributed by atoms with Crippen LogP contribution < -0.4 is 0 Å². The van der Waals surface area contributed by atoms with Crippen LogP contribution in [0.4, 0.5) is 13.2 Å². The van der Waals surface area contributed by atoms with E-state index < -0.39 is 42.4 Å². The maximum atomic E-state index is 12.7. The van der Waals surface area contributed by atoms with Crippen molar-refractivity contribution in [3.8, 4) is 0 Å². The van der Waals surface area contributed by atoms with Gasteiger partial charge in [-0.15, -0.1) is 11.6 Å². The summed E-state index contributed by atoms with van der Waals surface area (Å²) < 4.78 is 42.5. The van der Waals surface area contributed by atoms with E-state index in [1.54, 1.807) is 0 Å². The first-order valence-corrected chi connectivity index (χ1v) is 5.20. The SMILES string of the molecule is CCOC(=O)C(Cl)C(=C=O)C(CF)(CF)CF. The molecular weight excluding hydrogens is 261 g/mol. The van der Waals surface area contributed by atoms with Crippen LogP contribution in [0.3, 0.4) is 0 Å². The quantitative estimate of drug-likeness (QED) is 0.403. The Balaban J connectivity index is 5.20. The molecule has 0 amide bonds. The van der Waals surface area contributed by atoms with Crippen LogP contribution in [0.2, 0.25) is 0 Å². The lowest BCUT2D eigenvalue weighted by Crippen LogP contribution is -2.38. The molecule has 1 atom stereocenters. The summed E-state index contributed by atoms with van der Waals surface area (Å²) in [6.45, 7) is -3.02. The lowest BCUT2D eigenvalue weighted by Gasteiger charge is -2.26. The van der Waals surface area contributed by atoms with Crippen molar-refractivity contribution in [2.45, 2.75) is 12.3 Å².